The van der Waals surface area contributed by atoms with Crippen molar-refractivity contribution in [3.63, 3.8) is 0 Å². The lowest BCUT2D eigenvalue weighted by molar-refractivity contribution is -0.142. The van der Waals surface area contributed by atoms with E-state index in [9.17, 15) is 9.59 Å². The van der Waals surface area contributed by atoms with Gasteiger partial charge < -0.3 is 19.3 Å². The van der Waals surface area contributed by atoms with Crippen LogP contribution < -0.4 is 4.74 Å². The van der Waals surface area contributed by atoms with E-state index < -0.39 is 0 Å². The summed E-state index contributed by atoms with van der Waals surface area (Å²) in [4.78, 5) is 28.0. The number of methoxy groups -OCH3 is 1. The highest BCUT2D eigenvalue weighted by Gasteiger charge is 2.32. The molecule has 6 nitrogen and oxygen atoms in total. The van der Waals surface area contributed by atoms with Crippen LogP contribution in [0.4, 0.5) is 0 Å². The number of nitrogens with zero attached hydrogens (tertiary/aromatic N) is 2. The second kappa shape index (κ2) is 8.85. The molecule has 0 saturated carbocycles. The molecule has 1 atom stereocenters. The summed E-state index contributed by atoms with van der Waals surface area (Å²) in [6.45, 7) is 7.55. The lowest BCUT2D eigenvalue weighted by Crippen LogP contribution is -2.52. The topological polar surface area (TPSA) is 59.1 Å². The van der Waals surface area contributed by atoms with Gasteiger partial charge in [-0.15, -0.1) is 0 Å². The van der Waals surface area contributed by atoms with E-state index >= 15 is 0 Å². The summed E-state index contributed by atoms with van der Waals surface area (Å²) in [5.41, 5.74) is 1.01. The number of carbonyl (C=O) groups is 2. The molecular weight excluding hydrogens is 320 g/mol. The smallest absolute Gasteiger partial charge is 0.225 e. The predicted octanol–water partition coefficient (Wildman–Crippen LogP) is 2.24. The summed E-state index contributed by atoms with van der Waals surface area (Å²) in [7, 11) is 1.59. The Morgan fingerprint density at radius 2 is 1.88 bits per heavy atom. The van der Waals surface area contributed by atoms with Gasteiger partial charge in [-0.25, -0.2) is 0 Å². The van der Waals surface area contributed by atoms with E-state index in [2.05, 4.69) is 0 Å². The van der Waals surface area contributed by atoms with Gasteiger partial charge >= 0.3 is 0 Å². The molecule has 1 aliphatic heterocycles. The van der Waals surface area contributed by atoms with Crippen molar-refractivity contribution in [1.29, 1.82) is 0 Å². The molecule has 0 spiro atoms. The van der Waals surface area contributed by atoms with Crippen LogP contribution in [0.1, 0.15) is 38.8 Å². The fourth-order valence-electron chi connectivity index (χ4n) is 3.03. The van der Waals surface area contributed by atoms with Crippen molar-refractivity contribution in [3.05, 3.63) is 29.8 Å². The van der Waals surface area contributed by atoms with E-state index in [0.717, 1.165) is 11.3 Å². The molecule has 2 amide bonds. The average molecular weight is 348 g/mol. The zero-order valence-corrected chi connectivity index (χ0v) is 15.5. The Labute approximate surface area is 149 Å². The normalized spacial score (nSPS) is 17.7. The average Bonchev–Trinajstić information content (AvgIpc) is 2.59. The van der Waals surface area contributed by atoms with Gasteiger partial charge in [0.15, 0.2) is 0 Å². The molecular formula is C19H28N2O4. The fourth-order valence-corrected chi connectivity index (χ4v) is 3.03. The van der Waals surface area contributed by atoms with Gasteiger partial charge in [-0.1, -0.05) is 12.1 Å². The Bertz CT molecular complexity index is 586. The standard InChI is InChI=1S/C19H28N2O4/c1-14(2)25-17-7-5-16(6-8-17)18-13-20(15(3)22)10-11-21(18)19(23)9-12-24-4/h5-8,14,18H,9-13H2,1-4H3/t18-/m1/s1. The number of benzene rings is 1. The molecule has 138 valence electrons. The van der Waals surface area contributed by atoms with Crippen LogP contribution in [0.2, 0.25) is 0 Å². The molecule has 1 heterocycles. The summed E-state index contributed by atoms with van der Waals surface area (Å²) >= 11 is 0. The summed E-state index contributed by atoms with van der Waals surface area (Å²) in [5.74, 6) is 0.890. The Hall–Kier alpha value is -2.08. The first-order valence-electron chi connectivity index (χ1n) is 8.73. The van der Waals surface area contributed by atoms with Crippen molar-refractivity contribution >= 4 is 11.8 Å². The predicted molar refractivity (Wildman–Crippen MR) is 95.4 cm³/mol. The van der Waals surface area contributed by atoms with Crippen molar-refractivity contribution in [2.75, 3.05) is 33.4 Å². The molecule has 6 heteroatoms. The minimum Gasteiger partial charge on any atom is -0.491 e. The Morgan fingerprint density at radius 3 is 2.44 bits per heavy atom. The van der Waals surface area contributed by atoms with Gasteiger partial charge in [0.25, 0.3) is 0 Å². The summed E-state index contributed by atoms with van der Waals surface area (Å²) in [6, 6.07) is 7.64. The zero-order chi connectivity index (χ0) is 18.4. The minimum absolute atomic E-state index is 0.0359. The molecule has 1 aliphatic rings. The number of amides is 2. The number of hydrogen-bond donors (Lipinski definition) is 0. The van der Waals surface area contributed by atoms with Crippen LogP contribution in [0.25, 0.3) is 0 Å². The molecule has 0 aromatic heterocycles. The van der Waals surface area contributed by atoms with Crippen molar-refractivity contribution in [2.24, 2.45) is 0 Å². The maximum Gasteiger partial charge on any atom is 0.225 e. The second-order valence-electron chi connectivity index (χ2n) is 6.55. The van der Waals surface area contributed by atoms with Gasteiger partial charge in [-0.3, -0.25) is 9.59 Å². The molecule has 0 radical (unpaired) electrons. The minimum atomic E-state index is -0.143. The largest absolute Gasteiger partial charge is 0.491 e. The Balaban J connectivity index is 2.19. The Kier molecular flexibility index (Phi) is 6.82. The van der Waals surface area contributed by atoms with Crippen LogP contribution >= 0.6 is 0 Å². The van der Waals surface area contributed by atoms with E-state index in [1.54, 1.807) is 18.9 Å². The molecule has 1 aromatic carbocycles. The summed E-state index contributed by atoms with van der Waals surface area (Å²) in [5, 5.41) is 0. The molecule has 1 aromatic rings. The number of piperazine rings is 1. The highest BCUT2D eigenvalue weighted by molar-refractivity contribution is 5.78. The number of ether oxygens (including phenoxy) is 2. The van der Waals surface area contributed by atoms with Gasteiger partial charge in [0.1, 0.15) is 5.75 Å². The van der Waals surface area contributed by atoms with Crippen LogP contribution in [0.3, 0.4) is 0 Å². The monoisotopic (exact) mass is 348 g/mol. The highest BCUT2D eigenvalue weighted by Crippen LogP contribution is 2.28. The lowest BCUT2D eigenvalue weighted by atomic mass is 10.0. The molecule has 1 saturated heterocycles. The van der Waals surface area contributed by atoms with E-state index in [1.807, 2.05) is 43.0 Å². The number of hydrogen-bond acceptors (Lipinski definition) is 4. The van der Waals surface area contributed by atoms with E-state index in [1.165, 1.54) is 0 Å². The SMILES string of the molecule is COCCC(=O)N1CCN(C(C)=O)C[C@@H]1c1ccc(OC(C)C)cc1. The van der Waals surface area contributed by atoms with E-state index in [0.29, 0.717) is 32.7 Å². The Morgan fingerprint density at radius 1 is 1.20 bits per heavy atom. The van der Waals surface area contributed by atoms with Crippen LogP contribution in [0.15, 0.2) is 24.3 Å². The lowest BCUT2D eigenvalue weighted by Gasteiger charge is -2.41. The van der Waals surface area contributed by atoms with Crippen LogP contribution in [0, 0.1) is 0 Å². The maximum atomic E-state index is 12.5. The van der Waals surface area contributed by atoms with Gasteiger partial charge in [-0.2, -0.15) is 0 Å². The van der Waals surface area contributed by atoms with Crippen molar-refractivity contribution in [3.8, 4) is 5.75 Å². The molecule has 0 aliphatic carbocycles. The number of rotatable bonds is 6. The molecule has 0 N–H and O–H groups in total. The van der Waals surface area contributed by atoms with Gasteiger partial charge in [0.05, 0.1) is 25.2 Å². The third-order valence-corrected chi connectivity index (χ3v) is 4.30. The number of carbonyl (C=O) groups excluding carboxylic acids is 2. The third kappa shape index (κ3) is 5.19. The summed E-state index contributed by atoms with van der Waals surface area (Å²) in [6.07, 6.45) is 0.461. The maximum absolute atomic E-state index is 12.5. The highest BCUT2D eigenvalue weighted by atomic mass is 16.5. The van der Waals surface area contributed by atoms with E-state index in [4.69, 9.17) is 9.47 Å². The molecule has 25 heavy (non-hydrogen) atoms. The summed E-state index contributed by atoms with van der Waals surface area (Å²) < 4.78 is 10.7. The molecule has 0 unspecified atom stereocenters. The molecule has 0 bridgehead atoms. The van der Waals surface area contributed by atoms with Crippen molar-refractivity contribution in [2.45, 2.75) is 39.3 Å². The van der Waals surface area contributed by atoms with Crippen molar-refractivity contribution < 1.29 is 19.1 Å². The first kappa shape index (κ1) is 19.2. The fraction of sp³-hybridized carbons (Fsp3) is 0.579. The van der Waals surface area contributed by atoms with Crippen LogP contribution in [-0.4, -0.2) is 61.1 Å². The second-order valence-corrected chi connectivity index (χ2v) is 6.55. The van der Waals surface area contributed by atoms with Gasteiger partial charge in [0.2, 0.25) is 11.8 Å². The van der Waals surface area contributed by atoms with Crippen LogP contribution in [0.5, 0.6) is 5.75 Å². The quantitative estimate of drug-likeness (QED) is 0.791. The van der Waals surface area contributed by atoms with Crippen molar-refractivity contribution in [1.82, 2.24) is 9.80 Å². The molecule has 1 fully saturated rings. The van der Waals surface area contributed by atoms with E-state index in [-0.39, 0.29) is 24.0 Å². The first-order valence-corrected chi connectivity index (χ1v) is 8.73. The molecule has 2 rings (SSSR count). The van der Waals surface area contributed by atoms with Crippen LogP contribution in [-0.2, 0) is 14.3 Å². The first-order chi connectivity index (χ1) is 11.9. The van der Waals surface area contributed by atoms with Gasteiger partial charge in [0, 0.05) is 33.7 Å². The van der Waals surface area contributed by atoms with Gasteiger partial charge in [-0.05, 0) is 31.5 Å². The third-order valence-electron chi connectivity index (χ3n) is 4.30. The zero-order valence-electron chi connectivity index (χ0n) is 15.5.